The van der Waals surface area contributed by atoms with Crippen molar-refractivity contribution in [1.82, 2.24) is 4.90 Å². The summed E-state index contributed by atoms with van der Waals surface area (Å²) < 4.78 is 16.9. The molecule has 6 nitrogen and oxygen atoms in total. The van der Waals surface area contributed by atoms with Crippen LogP contribution in [0.2, 0.25) is 0 Å². The SMILES string of the molecule is COc1cccc(OCC2CN(CC(=O)N3CCc4ccccc43)CCO2)c1. The number of carbonyl (C=O) groups excluding carboxylic acids is 1. The summed E-state index contributed by atoms with van der Waals surface area (Å²) in [5.41, 5.74) is 2.31. The van der Waals surface area contributed by atoms with Crippen LogP contribution in [0, 0.1) is 0 Å². The fourth-order valence-corrected chi connectivity index (χ4v) is 3.78. The Morgan fingerprint density at radius 3 is 2.89 bits per heavy atom. The topological polar surface area (TPSA) is 51.2 Å². The Bertz CT molecular complexity index is 826. The number of ether oxygens (including phenoxy) is 3. The average molecular weight is 382 g/mol. The minimum Gasteiger partial charge on any atom is -0.497 e. The number of carbonyl (C=O) groups is 1. The summed E-state index contributed by atoms with van der Waals surface area (Å²) >= 11 is 0. The van der Waals surface area contributed by atoms with E-state index in [1.165, 1.54) is 5.56 Å². The number of anilines is 1. The van der Waals surface area contributed by atoms with Crippen molar-refractivity contribution in [3.05, 3.63) is 54.1 Å². The maximum Gasteiger partial charge on any atom is 0.241 e. The predicted octanol–water partition coefficient (Wildman–Crippen LogP) is 2.36. The first-order valence-electron chi connectivity index (χ1n) is 9.72. The zero-order valence-corrected chi connectivity index (χ0v) is 16.2. The quantitative estimate of drug-likeness (QED) is 0.768. The first kappa shape index (κ1) is 18.8. The fourth-order valence-electron chi connectivity index (χ4n) is 3.78. The van der Waals surface area contributed by atoms with Crippen LogP contribution in [0.4, 0.5) is 5.69 Å². The number of methoxy groups -OCH3 is 1. The molecule has 0 bridgehead atoms. The third-order valence-corrected chi connectivity index (χ3v) is 5.25. The second-order valence-corrected chi connectivity index (χ2v) is 7.14. The largest absolute Gasteiger partial charge is 0.497 e. The molecule has 2 aromatic rings. The Morgan fingerprint density at radius 2 is 2.00 bits per heavy atom. The monoisotopic (exact) mass is 382 g/mol. The van der Waals surface area contributed by atoms with Gasteiger partial charge in [-0.1, -0.05) is 24.3 Å². The first-order valence-corrected chi connectivity index (χ1v) is 9.72. The van der Waals surface area contributed by atoms with Gasteiger partial charge in [0, 0.05) is 31.4 Å². The number of benzene rings is 2. The highest BCUT2D eigenvalue weighted by Crippen LogP contribution is 2.27. The summed E-state index contributed by atoms with van der Waals surface area (Å²) in [6, 6.07) is 15.7. The van der Waals surface area contributed by atoms with Gasteiger partial charge in [0.1, 0.15) is 24.2 Å². The van der Waals surface area contributed by atoms with E-state index in [9.17, 15) is 4.79 Å². The van der Waals surface area contributed by atoms with Crippen molar-refractivity contribution in [2.75, 3.05) is 51.4 Å². The minimum atomic E-state index is -0.0568. The van der Waals surface area contributed by atoms with E-state index in [2.05, 4.69) is 11.0 Å². The molecule has 0 spiro atoms. The lowest BCUT2D eigenvalue weighted by atomic mass is 10.2. The molecular formula is C22H26N2O4. The molecule has 1 fully saturated rings. The number of hydrogen-bond acceptors (Lipinski definition) is 5. The first-order chi connectivity index (χ1) is 13.7. The normalized spacial score (nSPS) is 19.3. The Labute approximate surface area is 165 Å². The molecule has 0 aromatic heterocycles. The molecule has 0 saturated carbocycles. The van der Waals surface area contributed by atoms with E-state index in [4.69, 9.17) is 14.2 Å². The Balaban J connectivity index is 1.30. The number of nitrogens with zero attached hydrogens (tertiary/aromatic N) is 2. The number of morpholine rings is 1. The zero-order chi connectivity index (χ0) is 19.3. The molecule has 2 heterocycles. The zero-order valence-electron chi connectivity index (χ0n) is 16.2. The number of hydrogen-bond donors (Lipinski definition) is 0. The Kier molecular flexibility index (Phi) is 5.78. The van der Waals surface area contributed by atoms with Gasteiger partial charge in [0.25, 0.3) is 0 Å². The summed E-state index contributed by atoms with van der Waals surface area (Å²) in [6.07, 6.45) is 0.876. The summed E-state index contributed by atoms with van der Waals surface area (Å²) in [6.45, 7) is 3.68. The van der Waals surface area contributed by atoms with Crippen molar-refractivity contribution >= 4 is 11.6 Å². The van der Waals surface area contributed by atoms with Crippen LogP contribution in [0.5, 0.6) is 11.5 Å². The van der Waals surface area contributed by atoms with Crippen molar-refractivity contribution in [3.8, 4) is 11.5 Å². The highest BCUT2D eigenvalue weighted by Gasteiger charge is 2.28. The molecule has 2 aromatic carbocycles. The summed E-state index contributed by atoms with van der Waals surface area (Å²) in [7, 11) is 1.64. The molecule has 1 amide bonds. The van der Waals surface area contributed by atoms with Gasteiger partial charge in [0.2, 0.25) is 5.91 Å². The third kappa shape index (κ3) is 4.29. The summed E-state index contributed by atoms with van der Waals surface area (Å²) in [5.74, 6) is 1.67. The molecule has 28 heavy (non-hydrogen) atoms. The molecule has 6 heteroatoms. The van der Waals surface area contributed by atoms with Gasteiger partial charge in [0.15, 0.2) is 0 Å². The van der Waals surface area contributed by atoms with Crippen LogP contribution < -0.4 is 14.4 Å². The van der Waals surface area contributed by atoms with Gasteiger partial charge in [-0.2, -0.15) is 0 Å². The van der Waals surface area contributed by atoms with Gasteiger partial charge in [0.05, 0.1) is 20.3 Å². The van der Waals surface area contributed by atoms with E-state index in [-0.39, 0.29) is 12.0 Å². The van der Waals surface area contributed by atoms with Crippen LogP contribution in [0.25, 0.3) is 0 Å². The van der Waals surface area contributed by atoms with E-state index in [0.717, 1.165) is 36.7 Å². The molecule has 0 N–H and O–H groups in total. The van der Waals surface area contributed by atoms with Crippen LogP contribution in [0.15, 0.2) is 48.5 Å². The standard InChI is InChI=1S/C22H26N2O4/c1-26-18-6-4-7-19(13-18)28-16-20-14-23(11-12-27-20)15-22(25)24-10-9-17-5-2-3-8-21(17)24/h2-8,13,20H,9-12,14-16H2,1H3. The molecule has 2 aliphatic heterocycles. The average Bonchev–Trinajstić information content (AvgIpc) is 3.17. The van der Waals surface area contributed by atoms with Gasteiger partial charge in [-0.3, -0.25) is 9.69 Å². The van der Waals surface area contributed by atoms with E-state index in [0.29, 0.717) is 26.3 Å². The Morgan fingerprint density at radius 1 is 1.14 bits per heavy atom. The van der Waals surface area contributed by atoms with Gasteiger partial charge in [-0.05, 0) is 30.2 Å². The minimum absolute atomic E-state index is 0.0568. The van der Waals surface area contributed by atoms with Gasteiger partial charge >= 0.3 is 0 Å². The van der Waals surface area contributed by atoms with Crippen LogP contribution >= 0.6 is 0 Å². The molecule has 148 valence electrons. The highest BCUT2D eigenvalue weighted by molar-refractivity contribution is 5.96. The lowest BCUT2D eigenvalue weighted by Crippen LogP contribution is -2.49. The number of rotatable bonds is 6. The Hall–Kier alpha value is -2.57. The molecule has 0 aliphatic carbocycles. The fraction of sp³-hybridized carbons (Fsp3) is 0.409. The van der Waals surface area contributed by atoms with E-state index in [1.807, 2.05) is 47.4 Å². The molecule has 0 radical (unpaired) electrons. The van der Waals surface area contributed by atoms with E-state index in [1.54, 1.807) is 7.11 Å². The smallest absolute Gasteiger partial charge is 0.241 e. The van der Waals surface area contributed by atoms with Crippen molar-refractivity contribution in [2.45, 2.75) is 12.5 Å². The highest BCUT2D eigenvalue weighted by atomic mass is 16.5. The van der Waals surface area contributed by atoms with E-state index < -0.39 is 0 Å². The van der Waals surface area contributed by atoms with Gasteiger partial charge < -0.3 is 19.1 Å². The maximum absolute atomic E-state index is 12.8. The van der Waals surface area contributed by atoms with Crippen LogP contribution in [-0.4, -0.2) is 63.4 Å². The number of amides is 1. The molecule has 1 saturated heterocycles. The second kappa shape index (κ2) is 8.63. The molecule has 1 unspecified atom stereocenters. The maximum atomic E-state index is 12.8. The molecule has 2 aliphatic rings. The summed E-state index contributed by atoms with van der Waals surface area (Å²) in [5, 5.41) is 0. The van der Waals surface area contributed by atoms with Crippen LogP contribution in [0.1, 0.15) is 5.56 Å². The second-order valence-electron chi connectivity index (χ2n) is 7.14. The predicted molar refractivity (Wildman–Crippen MR) is 107 cm³/mol. The van der Waals surface area contributed by atoms with Crippen LogP contribution in [-0.2, 0) is 16.0 Å². The van der Waals surface area contributed by atoms with Crippen LogP contribution in [0.3, 0.4) is 0 Å². The van der Waals surface area contributed by atoms with Crippen molar-refractivity contribution in [3.63, 3.8) is 0 Å². The molecule has 4 rings (SSSR count). The van der Waals surface area contributed by atoms with Gasteiger partial charge in [-0.15, -0.1) is 0 Å². The van der Waals surface area contributed by atoms with E-state index >= 15 is 0 Å². The van der Waals surface area contributed by atoms with Crippen molar-refractivity contribution in [2.24, 2.45) is 0 Å². The lowest BCUT2D eigenvalue weighted by Gasteiger charge is -2.33. The third-order valence-electron chi connectivity index (χ3n) is 5.25. The van der Waals surface area contributed by atoms with Gasteiger partial charge in [-0.25, -0.2) is 0 Å². The van der Waals surface area contributed by atoms with Crippen molar-refractivity contribution < 1.29 is 19.0 Å². The number of para-hydroxylation sites is 1. The molecule has 1 atom stereocenters. The van der Waals surface area contributed by atoms with Crippen molar-refractivity contribution in [1.29, 1.82) is 0 Å². The number of fused-ring (bicyclic) bond motifs is 1. The summed E-state index contributed by atoms with van der Waals surface area (Å²) in [4.78, 5) is 16.9. The molecular weight excluding hydrogens is 356 g/mol. The lowest BCUT2D eigenvalue weighted by molar-refractivity contribution is -0.122.